The van der Waals surface area contributed by atoms with E-state index in [1.165, 1.54) is 4.90 Å². The van der Waals surface area contributed by atoms with Gasteiger partial charge in [-0.15, -0.1) is 5.10 Å². The van der Waals surface area contributed by atoms with Crippen molar-refractivity contribution in [2.24, 2.45) is 0 Å². The number of benzene rings is 1. The van der Waals surface area contributed by atoms with Crippen LogP contribution in [0.3, 0.4) is 0 Å². The van der Waals surface area contributed by atoms with Gasteiger partial charge >= 0.3 is 0 Å². The second-order valence-electron chi connectivity index (χ2n) is 5.84. The summed E-state index contributed by atoms with van der Waals surface area (Å²) in [5.74, 6) is -0.324. The Kier molecular flexibility index (Phi) is 4.00. The van der Waals surface area contributed by atoms with E-state index in [0.29, 0.717) is 24.2 Å². The number of aromatic nitrogens is 3. The van der Waals surface area contributed by atoms with Crippen LogP contribution in [0.25, 0.3) is 0 Å². The van der Waals surface area contributed by atoms with Gasteiger partial charge in [-0.3, -0.25) is 9.59 Å². The topological polar surface area (TPSA) is 95.1 Å². The number of hydrogen-bond acceptors (Lipinski definition) is 5. The fraction of sp³-hybridized carbons (Fsp3) is 0.312. The lowest BCUT2D eigenvalue weighted by atomic mass is 10.1. The van der Waals surface area contributed by atoms with Crippen LogP contribution < -0.4 is 0 Å². The van der Waals surface area contributed by atoms with Crippen molar-refractivity contribution in [2.75, 3.05) is 27.2 Å². The summed E-state index contributed by atoms with van der Waals surface area (Å²) in [6.07, 6.45) is 1.60. The second-order valence-corrected chi connectivity index (χ2v) is 5.84. The van der Waals surface area contributed by atoms with Crippen LogP contribution in [-0.4, -0.2) is 63.8 Å². The fourth-order valence-corrected chi connectivity index (χ4v) is 2.48. The molecule has 3 rings (SSSR count). The Labute approximate surface area is 138 Å². The van der Waals surface area contributed by atoms with Crippen molar-refractivity contribution in [1.82, 2.24) is 24.8 Å². The molecular weight excluding hydrogens is 308 g/mol. The Morgan fingerprint density at radius 2 is 2.08 bits per heavy atom. The summed E-state index contributed by atoms with van der Waals surface area (Å²) in [6.45, 7) is 0.989. The number of likely N-dealkylation sites (tertiary alicyclic amines) is 1. The standard InChI is InChI=1S/C16H16N6O2/c1-20(2)16(24)14-10-22(19-18-14)13-8-21(9-13)15(23)12-5-3-4-11(6-12)7-17/h3-6,10,13H,8-9H2,1-2H3. The lowest BCUT2D eigenvalue weighted by molar-refractivity contribution is 0.0498. The lowest BCUT2D eigenvalue weighted by Crippen LogP contribution is -2.50. The molecule has 1 aliphatic rings. The number of nitriles is 1. The average molecular weight is 324 g/mol. The molecule has 0 spiro atoms. The third-order valence-corrected chi connectivity index (χ3v) is 3.90. The van der Waals surface area contributed by atoms with Crippen molar-refractivity contribution >= 4 is 11.8 Å². The second kappa shape index (κ2) is 6.12. The minimum absolute atomic E-state index is 0.00399. The molecule has 24 heavy (non-hydrogen) atoms. The number of carbonyl (C=O) groups excluding carboxylic acids is 2. The van der Waals surface area contributed by atoms with E-state index in [0.717, 1.165) is 0 Å². The minimum atomic E-state index is -0.207. The number of rotatable bonds is 3. The van der Waals surface area contributed by atoms with Crippen LogP contribution in [0.2, 0.25) is 0 Å². The first-order chi connectivity index (χ1) is 11.5. The molecular formula is C16H16N6O2. The van der Waals surface area contributed by atoms with Gasteiger partial charge in [-0.25, -0.2) is 4.68 Å². The summed E-state index contributed by atoms with van der Waals surface area (Å²) in [5, 5.41) is 16.8. The molecule has 1 aromatic carbocycles. The minimum Gasteiger partial charge on any atom is -0.343 e. The summed E-state index contributed by atoms with van der Waals surface area (Å²) in [4.78, 5) is 27.3. The molecule has 0 aliphatic carbocycles. The van der Waals surface area contributed by atoms with E-state index < -0.39 is 0 Å². The van der Waals surface area contributed by atoms with Gasteiger partial charge in [0.1, 0.15) is 0 Å². The zero-order valence-corrected chi connectivity index (χ0v) is 13.4. The van der Waals surface area contributed by atoms with Gasteiger partial charge in [-0.05, 0) is 18.2 Å². The van der Waals surface area contributed by atoms with E-state index in [-0.39, 0.29) is 23.6 Å². The molecule has 1 aromatic heterocycles. The predicted molar refractivity (Wildman–Crippen MR) is 84.1 cm³/mol. The highest BCUT2D eigenvalue weighted by Gasteiger charge is 2.33. The molecule has 1 aliphatic heterocycles. The molecule has 0 atom stereocenters. The quantitative estimate of drug-likeness (QED) is 0.821. The Balaban J connectivity index is 1.64. The van der Waals surface area contributed by atoms with Crippen molar-refractivity contribution in [2.45, 2.75) is 6.04 Å². The summed E-state index contributed by atoms with van der Waals surface area (Å²) in [7, 11) is 3.31. The highest BCUT2D eigenvalue weighted by atomic mass is 16.2. The smallest absolute Gasteiger partial charge is 0.275 e. The van der Waals surface area contributed by atoms with Gasteiger partial charge in [-0.2, -0.15) is 5.26 Å². The molecule has 0 radical (unpaired) electrons. The molecule has 8 heteroatoms. The first-order valence-corrected chi connectivity index (χ1v) is 7.42. The number of hydrogen-bond donors (Lipinski definition) is 0. The summed E-state index contributed by atoms with van der Waals surface area (Å²) in [5.41, 5.74) is 1.24. The Hall–Kier alpha value is -3.21. The third-order valence-electron chi connectivity index (χ3n) is 3.90. The van der Waals surface area contributed by atoms with Crippen molar-refractivity contribution in [1.29, 1.82) is 5.26 Å². The van der Waals surface area contributed by atoms with E-state index in [2.05, 4.69) is 10.3 Å². The van der Waals surface area contributed by atoms with Crippen LogP contribution in [0, 0.1) is 11.3 Å². The number of amides is 2. The van der Waals surface area contributed by atoms with Crippen molar-refractivity contribution in [3.05, 3.63) is 47.3 Å². The van der Waals surface area contributed by atoms with E-state index in [4.69, 9.17) is 5.26 Å². The molecule has 0 N–H and O–H groups in total. The van der Waals surface area contributed by atoms with Crippen LogP contribution in [0.4, 0.5) is 0 Å². The van der Waals surface area contributed by atoms with E-state index in [9.17, 15) is 9.59 Å². The van der Waals surface area contributed by atoms with Gasteiger partial charge in [0.25, 0.3) is 11.8 Å². The number of carbonyl (C=O) groups is 2. The highest BCUT2D eigenvalue weighted by molar-refractivity contribution is 5.95. The Morgan fingerprint density at radius 3 is 2.75 bits per heavy atom. The largest absolute Gasteiger partial charge is 0.343 e. The molecule has 2 aromatic rings. The molecule has 8 nitrogen and oxygen atoms in total. The van der Waals surface area contributed by atoms with Gasteiger partial charge in [0.05, 0.1) is 23.9 Å². The summed E-state index contributed by atoms with van der Waals surface area (Å²) < 4.78 is 1.62. The monoisotopic (exact) mass is 324 g/mol. The van der Waals surface area contributed by atoms with Crippen molar-refractivity contribution in [3.8, 4) is 6.07 Å². The van der Waals surface area contributed by atoms with Gasteiger partial charge in [0, 0.05) is 32.7 Å². The summed E-state index contributed by atoms with van der Waals surface area (Å²) in [6, 6.07) is 8.66. The molecule has 2 heterocycles. The lowest BCUT2D eigenvalue weighted by Gasteiger charge is -2.38. The SMILES string of the molecule is CN(C)C(=O)c1cn(C2CN(C(=O)c3cccc(C#N)c3)C2)nn1. The average Bonchev–Trinajstić information content (AvgIpc) is 3.02. The van der Waals surface area contributed by atoms with Crippen LogP contribution in [-0.2, 0) is 0 Å². The maximum Gasteiger partial charge on any atom is 0.275 e. The normalized spacial score (nSPS) is 14.0. The maximum absolute atomic E-state index is 12.4. The van der Waals surface area contributed by atoms with E-state index in [1.54, 1.807) is 54.1 Å². The van der Waals surface area contributed by atoms with Crippen LogP contribution in [0.15, 0.2) is 30.5 Å². The van der Waals surface area contributed by atoms with Crippen LogP contribution >= 0.6 is 0 Å². The van der Waals surface area contributed by atoms with E-state index >= 15 is 0 Å². The van der Waals surface area contributed by atoms with Gasteiger partial charge < -0.3 is 9.80 Å². The van der Waals surface area contributed by atoms with Crippen molar-refractivity contribution in [3.63, 3.8) is 0 Å². The predicted octanol–water partition coefficient (Wildman–Crippen LogP) is 0.549. The molecule has 1 fully saturated rings. The molecule has 0 saturated carbocycles. The molecule has 122 valence electrons. The first kappa shape index (κ1) is 15.7. The third kappa shape index (κ3) is 2.84. The van der Waals surface area contributed by atoms with Gasteiger partial charge in [0.2, 0.25) is 0 Å². The van der Waals surface area contributed by atoms with Gasteiger partial charge in [0.15, 0.2) is 5.69 Å². The Bertz CT molecular complexity index is 829. The van der Waals surface area contributed by atoms with Gasteiger partial charge in [-0.1, -0.05) is 11.3 Å². The van der Waals surface area contributed by atoms with Crippen LogP contribution in [0.5, 0.6) is 0 Å². The fourth-order valence-electron chi connectivity index (χ4n) is 2.48. The summed E-state index contributed by atoms with van der Waals surface area (Å²) >= 11 is 0. The zero-order valence-electron chi connectivity index (χ0n) is 13.4. The number of nitrogens with zero attached hydrogens (tertiary/aromatic N) is 6. The molecule has 0 unspecified atom stereocenters. The zero-order chi connectivity index (χ0) is 17.3. The first-order valence-electron chi connectivity index (χ1n) is 7.42. The van der Waals surface area contributed by atoms with Crippen LogP contribution in [0.1, 0.15) is 32.5 Å². The molecule has 2 amide bonds. The Morgan fingerprint density at radius 1 is 1.33 bits per heavy atom. The molecule has 1 saturated heterocycles. The van der Waals surface area contributed by atoms with Crippen molar-refractivity contribution < 1.29 is 9.59 Å². The highest BCUT2D eigenvalue weighted by Crippen LogP contribution is 2.23. The maximum atomic E-state index is 12.4. The van der Waals surface area contributed by atoms with E-state index in [1.807, 2.05) is 6.07 Å². The molecule has 0 bridgehead atoms.